The predicted octanol–water partition coefficient (Wildman–Crippen LogP) is 3.99. The molecule has 2 rings (SSSR count). The Morgan fingerprint density at radius 1 is 1.09 bits per heavy atom. The molecular formula is C18H20N2OS. The van der Waals surface area contributed by atoms with Gasteiger partial charge in [0.1, 0.15) is 0 Å². The van der Waals surface area contributed by atoms with Gasteiger partial charge in [0.05, 0.1) is 0 Å². The number of benzene rings is 2. The smallest absolute Gasteiger partial charge is 0.257 e. The molecule has 1 amide bonds. The molecule has 0 saturated carbocycles. The number of carbonyl (C=O) groups is 1. The van der Waals surface area contributed by atoms with Crippen LogP contribution < -0.4 is 10.6 Å². The predicted molar refractivity (Wildman–Crippen MR) is 95.4 cm³/mol. The van der Waals surface area contributed by atoms with Crippen LogP contribution in [-0.2, 0) is 6.42 Å². The number of carbonyl (C=O) groups excluding carboxylic acids is 1. The molecule has 0 saturated heterocycles. The first kappa shape index (κ1) is 16.2. The van der Waals surface area contributed by atoms with E-state index in [9.17, 15) is 4.79 Å². The van der Waals surface area contributed by atoms with Gasteiger partial charge in [0.15, 0.2) is 5.11 Å². The Bertz CT molecular complexity index is 690. The fraction of sp³-hybridized carbons (Fsp3) is 0.222. The van der Waals surface area contributed by atoms with Crippen LogP contribution in [-0.4, -0.2) is 11.0 Å². The quantitative estimate of drug-likeness (QED) is 0.842. The molecule has 0 radical (unpaired) electrons. The number of rotatable bonds is 3. The molecule has 3 nitrogen and oxygen atoms in total. The number of hydrogen-bond donors (Lipinski definition) is 2. The van der Waals surface area contributed by atoms with E-state index in [1.165, 1.54) is 0 Å². The highest BCUT2D eigenvalue weighted by Crippen LogP contribution is 2.15. The van der Waals surface area contributed by atoms with E-state index in [-0.39, 0.29) is 5.91 Å². The summed E-state index contributed by atoms with van der Waals surface area (Å²) in [5.74, 6) is -0.196. The summed E-state index contributed by atoms with van der Waals surface area (Å²) in [6.45, 7) is 6.02. The van der Waals surface area contributed by atoms with E-state index in [4.69, 9.17) is 12.2 Å². The van der Waals surface area contributed by atoms with E-state index in [0.717, 1.165) is 28.8 Å². The molecular weight excluding hydrogens is 292 g/mol. The van der Waals surface area contributed by atoms with Crippen molar-refractivity contribution in [3.8, 4) is 0 Å². The zero-order valence-electron chi connectivity index (χ0n) is 13.1. The maximum atomic E-state index is 12.3. The van der Waals surface area contributed by atoms with Crippen molar-refractivity contribution in [3.63, 3.8) is 0 Å². The topological polar surface area (TPSA) is 41.1 Å². The van der Waals surface area contributed by atoms with Crippen LogP contribution in [0.3, 0.4) is 0 Å². The van der Waals surface area contributed by atoms with E-state index in [0.29, 0.717) is 10.7 Å². The molecule has 0 aliphatic carbocycles. The first-order valence-corrected chi connectivity index (χ1v) is 7.69. The van der Waals surface area contributed by atoms with Crippen molar-refractivity contribution in [2.24, 2.45) is 0 Å². The third-order valence-corrected chi connectivity index (χ3v) is 3.56. The third-order valence-electron chi connectivity index (χ3n) is 3.36. The van der Waals surface area contributed by atoms with E-state index in [1.54, 1.807) is 0 Å². The molecule has 2 N–H and O–H groups in total. The van der Waals surface area contributed by atoms with E-state index in [1.807, 2.05) is 56.3 Å². The average Bonchev–Trinajstić information content (AvgIpc) is 2.46. The number of aryl methyl sites for hydroxylation is 3. The molecule has 2 aromatic rings. The Morgan fingerprint density at radius 3 is 2.36 bits per heavy atom. The molecule has 22 heavy (non-hydrogen) atoms. The van der Waals surface area contributed by atoms with Crippen molar-refractivity contribution >= 4 is 28.9 Å². The summed E-state index contributed by atoms with van der Waals surface area (Å²) < 4.78 is 0. The Hall–Kier alpha value is -2.20. The van der Waals surface area contributed by atoms with Crippen LogP contribution in [0.1, 0.15) is 34.0 Å². The summed E-state index contributed by atoms with van der Waals surface area (Å²) in [4.78, 5) is 12.3. The highest BCUT2D eigenvalue weighted by molar-refractivity contribution is 7.80. The van der Waals surface area contributed by atoms with E-state index in [2.05, 4.69) is 17.6 Å². The number of nitrogens with one attached hydrogen (secondary N) is 2. The van der Waals surface area contributed by atoms with Crippen molar-refractivity contribution in [1.29, 1.82) is 0 Å². The normalized spacial score (nSPS) is 10.1. The van der Waals surface area contributed by atoms with Crippen molar-refractivity contribution < 1.29 is 4.79 Å². The number of thiocarbonyl (C=S) groups is 1. The number of amides is 1. The van der Waals surface area contributed by atoms with Gasteiger partial charge in [-0.25, -0.2) is 0 Å². The molecule has 0 aromatic heterocycles. The van der Waals surface area contributed by atoms with E-state index >= 15 is 0 Å². The standard InChI is InChI=1S/C18H20N2OS/c1-4-14-7-5-6-8-16(14)19-18(22)20-17(21)15-10-12(2)9-13(3)11-15/h5-11H,4H2,1-3H3,(H2,19,20,21,22). The van der Waals surface area contributed by atoms with Gasteiger partial charge in [-0.2, -0.15) is 0 Å². The van der Waals surface area contributed by atoms with Crippen LogP contribution in [0.5, 0.6) is 0 Å². The summed E-state index contributed by atoms with van der Waals surface area (Å²) in [5, 5.41) is 6.13. The average molecular weight is 312 g/mol. The second-order valence-electron chi connectivity index (χ2n) is 5.30. The molecule has 0 spiro atoms. The lowest BCUT2D eigenvalue weighted by molar-refractivity contribution is 0.0977. The Labute approximate surface area is 136 Å². The van der Waals surface area contributed by atoms with Crippen LogP contribution >= 0.6 is 12.2 Å². The SMILES string of the molecule is CCc1ccccc1NC(=S)NC(=O)c1cc(C)cc(C)c1. The second kappa shape index (κ2) is 7.18. The van der Waals surface area contributed by atoms with Gasteiger partial charge in [0.2, 0.25) is 0 Å². The largest absolute Gasteiger partial charge is 0.332 e. The summed E-state index contributed by atoms with van der Waals surface area (Å²) >= 11 is 5.24. The minimum atomic E-state index is -0.196. The van der Waals surface area contributed by atoms with Crippen molar-refractivity contribution in [1.82, 2.24) is 5.32 Å². The molecule has 2 aromatic carbocycles. The van der Waals surface area contributed by atoms with Gasteiger partial charge in [-0.1, -0.05) is 42.3 Å². The van der Waals surface area contributed by atoms with Gasteiger partial charge in [-0.05, 0) is 56.2 Å². The first-order chi connectivity index (χ1) is 10.5. The first-order valence-electron chi connectivity index (χ1n) is 7.28. The Morgan fingerprint density at radius 2 is 1.73 bits per heavy atom. The van der Waals surface area contributed by atoms with Gasteiger partial charge in [-0.15, -0.1) is 0 Å². The minimum Gasteiger partial charge on any atom is -0.332 e. The maximum absolute atomic E-state index is 12.3. The van der Waals surface area contributed by atoms with Crippen molar-refractivity contribution in [3.05, 3.63) is 64.7 Å². The zero-order chi connectivity index (χ0) is 16.1. The third kappa shape index (κ3) is 4.15. The number of para-hydroxylation sites is 1. The molecule has 0 unspecified atom stereocenters. The van der Waals surface area contributed by atoms with E-state index < -0.39 is 0 Å². The van der Waals surface area contributed by atoms with Crippen LogP contribution in [0.15, 0.2) is 42.5 Å². The lowest BCUT2D eigenvalue weighted by Crippen LogP contribution is -2.34. The summed E-state index contributed by atoms with van der Waals surface area (Å²) in [6.07, 6.45) is 0.900. The molecule has 0 aliphatic rings. The maximum Gasteiger partial charge on any atom is 0.257 e. The number of hydrogen-bond acceptors (Lipinski definition) is 2. The van der Waals surface area contributed by atoms with Gasteiger partial charge < -0.3 is 5.32 Å². The Kier molecular flexibility index (Phi) is 5.28. The van der Waals surface area contributed by atoms with Crippen LogP contribution in [0.2, 0.25) is 0 Å². The Balaban J connectivity index is 2.07. The zero-order valence-corrected chi connectivity index (χ0v) is 13.9. The van der Waals surface area contributed by atoms with Gasteiger partial charge >= 0.3 is 0 Å². The minimum absolute atomic E-state index is 0.196. The fourth-order valence-corrected chi connectivity index (χ4v) is 2.59. The molecule has 4 heteroatoms. The molecule has 0 atom stereocenters. The highest BCUT2D eigenvalue weighted by atomic mass is 32.1. The van der Waals surface area contributed by atoms with Gasteiger partial charge in [-0.3, -0.25) is 10.1 Å². The molecule has 114 valence electrons. The van der Waals surface area contributed by atoms with Crippen LogP contribution in [0.4, 0.5) is 5.69 Å². The summed E-state index contributed by atoms with van der Waals surface area (Å²) in [6, 6.07) is 13.7. The molecule has 0 heterocycles. The fourth-order valence-electron chi connectivity index (χ4n) is 2.39. The van der Waals surface area contributed by atoms with Gasteiger partial charge in [0, 0.05) is 11.3 Å². The lowest BCUT2D eigenvalue weighted by Gasteiger charge is -2.13. The summed E-state index contributed by atoms with van der Waals surface area (Å²) in [5.41, 5.74) is 4.81. The molecule has 0 aliphatic heterocycles. The molecule has 0 fully saturated rings. The number of anilines is 1. The van der Waals surface area contributed by atoms with Crippen LogP contribution in [0, 0.1) is 13.8 Å². The second-order valence-corrected chi connectivity index (χ2v) is 5.70. The highest BCUT2D eigenvalue weighted by Gasteiger charge is 2.10. The summed E-state index contributed by atoms with van der Waals surface area (Å²) in [7, 11) is 0. The molecule has 0 bridgehead atoms. The lowest BCUT2D eigenvalue weighted by atomic mass is 10.1. The van der Waals surface area contributed by atoms with Crippen molar-refractivity contribution in [2.75, 3.05) is 5.32 Å². The van der Waals surface area contributed by atoms with Crippen molar-refractivity contribution in [2.45, 2.75) is 27.2 Å². The van der Waals surface area contributed by atoms with Gasteiger partial charge in [0.25, 0.3) is 5.91 Å². The monoisotopic (exact) mass is 312 g/mol. The van der Waals surface area contributed by atoms with Crippen LogP contribution in [0.25, 0.3) is 0 Å².